The highest BCUT2D eigenvalue weighted by atomic mass is 35.5. The molecule has 44 valence electrons. The highest BCUT2D eigenvalue weighted by molar-refractivity contribution is 6.25. The molecule has 0 heterocycles. The minimum atomic E-state index is -2.17. The molecule has 0 aliphatic heterocycles. The summed E-state index contributed by atoms with van der Waals surface area (Å²) in [4.78, 5) is 0. The lowest BCUT2D eigenvalue weighted by molar-refractivity contribution is 0.171. The number of hydrogen-bond acceptors (Lipinski definition) is 0. The second kappa shape index (κ2) is 9.31. The Kier molecular flexibility index (Phi) is 13.3. The Morgan fingerprint density at radius 3 is 1.71 bits per heavy atom. The second-order valence-electron chi connectivity index (χ2n) is 0.673. The van der Waals surface area contributed by atoms with E-state index in [1.807, 2.05) is 0 Å². The van der Waals surface area contributed by atoms with E-state index in [0.29, 0.717) is 0 Å². The van der Waals surface area contributed by atoms with Gasteiger partial charge < -0.3 is 0 Å². The van der Waals surface area contributed by atoms with Gasteiger partial charge in [-0.25, -0.2) is 8.78 Å². The van der Waals surface area contributed by atoms with E-state index < -0.39 is 6.43 Å². The van der Waals surface area contributed by atoms with E-state index >= 15 is 0 Å². The lowest BCUT2D eigenvalue weighted by Gasteiger charge is -1.70. The summed E-state index contributed by atoms with van der Waals surface area (Å²) < 4.78 is 20.7. The van der Waals surface area contributed by atoms with Crippen LogP contribution in [0.4, 0.5) is 8.78 Å². The van der Waals surface area contributed by atoms with Gasteiger partial charge in [0.2, 0.25) is 6.43 Å². The van der Waals surface area contributed by atoms with Crippen LogP contribution in [0.1, 0.15) is 6.92 Å². The Morgan fingerprint density at radius 1 is 1.71 bits per heavy atom. The monoisotopic (exact) mass is 128 g/mol. The number of alkyl halides is 2. The van der Waals surface area contributed by atoms with Crippen molar-refractivity contribution < 1.29 is 8.78 Å². The normalized spacial score (nSPS) is 7.00. The summed E-state index contributed by atoms with van der Waals surface area (Å²) in [6.45, 7) is 3.96. The van der Waals surface area contributed by atoms with Crippen LogP contribution in [0.15, 0.2) is 12.1 Å². The molecule has 0 bridgehead atoms. The molecule has 0 fully saturated rings. The third kappa shape index (κ3) is 7370. The Bertz CT molecular complexity index is 33.9. The van der Waals surface area contributed by atoms with E-state index in [9.17, 15) is 8.78 Å². The average Bonchev–Trinajstić information content (AvgIpc) is 1.33. The van der Waals surface area contributed by atoms with Crippen molar-refractivity contribution in [2.45, 2.75) is 13.3 Å². The summed E-state index contributed by atoms with van der Waals surface area (Å²) in [5, 5.41) is 0. The van der Waals surface area contributed by atoms with Gasteiger partial charge in [0.1, 0.15) is 0 Å². The number of halogens is 3. The Morgan fingerprint density at radius 2 is 1.71 bits per heavy atom. The van der Waals surface area contributed by atoms with Gasteiger partial charge in [0.25, 0.3) is 0 Å². The van der Waals surface area contributed by atoms with Gasteiger partial charge in [0.15, 0.2) is 0 Å². The Hall–Kier alpha value is -0.110. The van der Waals surface area contributed by atoms with Gasteiger partial charge in [-0.05, 0) is 12.5 Å². The molecule has 0 radical (unpaired) electrons. The van der Waals surface area contributed by atoms with E-state index in [1.165, 1.54) is 5.54 Å². The SMILES string of the molecule is C=CCl.CC(F)F. The molecule has 0 saturated carbocycles. The highest BCUT2D eigenvalue weighted by Crippen LogP contribution is 1.82. The van der Waals surface area contributed by atoms with Gasteiger partial charge in [-0.2, -0.15) is 0 Å². The molecule has 3 heteroatoms. The van der Waals surface area contributed by atoms with Crippen molar-refractivity contribution in [3.05, 3.63) is 12.1 Å². The topological polar surface area (TPSA) is 0 Å². The molecule has 0 aromatic heterocycles. The molecule has 7 heavy (non-hydrogen) atoms. The van der Waals surface area contributed by atoms with Gasteiger partial charge >= 0.3 is 0 Å². The molecule has 0 aliphatic rings. The zero-order valence-electron chi connectivity index (χ0n) is 4.00. The summed E-state index contributed by atoms with van der Waals surface area (Å²) in [5.74, 6) is 0. The first-order valence-electron chi connectivity index (χ1n) is 1.64. The highest BCUT2D eigenvalue weighted by Gasteiger charge is 1.79. The van der Waals surface area contributed by atoms with Crippen LogP contribution in [0.2, 0.25) is 0 Å². The molecular weight excluding hydrogens is 121 g/mol. The zero-order chi connectivity index (χ0) is 6.28. The predicted molar refractivity (Wildman–Crippen MR) is 27.7 cm³/mol. The third-order valence-corrected chi connectivity index (χ3v) is 0. The molecule has 0 rings (SSSR count). The van der Waals surface area contributed by atoms with E-state index in [0.717, 1.165) is 6.92 Å². The van der Waals surface area contributed by atoms with Crippen molar-refractivity contribution in [1.82, 2.24) is 0 Å². The van der Waals surface area contributed by atoms with Crippen molar-refractivity contribution in [2.75, 3.05) is 0 Å². The maximum Gasteiger partial charge on any atom is 0.235 e. The van der Waals surface area contributed by atoms with E-state index in [-0.39, 0.29) is 0 Å². The minimum absolute atomic E-state index is 0.833. The molecule has 0 N–H and O–H groups in total. The first kappa shape index (κ1) is 10.00. The second-order valence-corrected chi connectivity index (χ2v) is 0.982. The fourth-order valence-corrected chi connectivity index (χ4v) is 0. The fraction of sp³-hybridized carbons (Fsp3) is 0.500. The van der Waals surface area contributed by atoms with Gasteiger partial charge in [-0.3, -0.25) is 0 Å². The molecule has 0 spiro atoms. The lowest BCUT2D eigenvalue weighted by Crippen LogP contribution is -1.69. The standard InChI is InChI=1S/C2H3Cl.C2H4F2/c1-2-3;1-2(3)4/h2H,1H2;2H,1H3. The lowest BCUT2D eigenvalue weighted by atomic mass is 10.9. The molecule has 0 unspecified atom stereocenters. The summed E-state index contributed by atoms with van der Waals surface area (Å²) in [6.07, 6.45) is -2.17. The Labute approximate surface area is 46.8 Å². The van der Waals surface area contributed by atoms with Crippen LogP contribution >= 0.6 is 11.6 Å². The molecular formula is C4H7ClF2. The minimum Gasteiger partial charge on any atom is -0.211 e. The zero-order valence-corrected chi connectivity index (χ0v) is 4.75. The van der Waals surface area contributed by atoms with Crippen molar-refractivity contribution in [3.8, 4) is 0 Å². The van der Waals surface area contributed by atoms with Crippen LogP contribution in [0.5, 0.6) is 0 Å². The summed E-state index contributed by atoms with van der Waals surface area (Å²) in [7, 11) is 0. The van der Waals surface area contributed by atoms with E-state index in [2.05, 4.69) is 6.58 Å². The number of rotatable bonds is 0. The van der Waals surface area contributed by atoms with Gasteiger partial charge in [0, 0.05) is 0 Å². The molecule has 0 aliphatic carbocycles. The first-order valence-corrected chi connectivity index (χ1v) is 2.08. The summed E-state index contributed by atoms with van der Waals surface area (Å²) >= 11 is 4.76. The molecule has 0 atom stereocenters. The van der Waals surface area contributed by atoms with Gasteiger partial charge in [-0.15, -0.1) is 0 Å². The summed E-state index contributed by atoms with van der Waals surface area (Å²) in [6, 6.07) is 0. The molecule has 0 nitrogen and oxygen atoms in total. The molecule has 0 aromatic rings. The van der Waals surface area contributed by atoms with Gasteiger partial charge in [-0.1, -0.05) is 18.2 Å². The van der Waals surface area contributed by atoms with Crippen LogP contribution in [-0.2, 0) is 0 Å². The van der Waals surface area contributed by atoms with Crippen LogP contribution in [0.3, 0.4) is 0 Å². The van der Waals surface area contributed by atoms with E-state index in [4.69, 9.17) is 11.6 Å². The van der Waals surface area contributed by atoms with Gasteiger partial charge in [0.05, 0.1) is 0 Å². The van der Waals surface area contributed by atoms with Crippen LogP contribution in [-0.4, -0.2) is 6.43 Å². The molecule has 0 saturated heterocycles. The molecule has 0 amide bonds. The summed E-state index contributed by atoms with van der Waals surface area (Å²) in [5.41, 5.74) is 1.22. The smallest absolute Gasteiger partial charge is 0.211 e. The van der Waals surface area contributed by atoms with Crippen LogP contribution in [0, 0.1) is 0 Å². The van der Waals surface area contributed by atoms with Crippen molar-refractivity contribution >= 4 is 11.6 Å². The van der Waals surface area contributed by atoms with Crippen LogP contribution < -0.4 is 0 Å². The average molecular weight is 129 g/mol. The third-order valence-electron chi connectivity index (χ3n) is 0. The largest absolute Gasteiger partial charge is 0.235 e. The molecule has 0 aromatic carbocycles. The first-order chi connectivity index (χ1) is 3.15. The van der Waals surface area contributed by atoms with Crippen molar-refractivity contribution in [2.24, 2.45) is 0 Å². The van der Waals surface area contributed by atoms with Crippen molar-refractivity contribution in [3.63, 3.8) is 0 Å². The van der Waals surface area contributed by atoms with Crippen molar-refractivity contribution in [1.29, 1.82) is 0 Å². The quantitative estimate of drug-likeness (QED) is 0.471. The van der Waals surface area contributed by atoms with Crippen LogP contribution in [0.25, 0.3) is 0 Å². The Balaban J connectivity index is 0. The maximum absolute atomic E-state index is 10.3. The predicted octanol–water partition coefficient (Wildman–Crippen LogP) is 2.64. The number of hydrogen-bond donors (Lipinski definition) is 0. The maximum atomic E-state index is 10.3. The fourth-order valence-electron chi connectivity index (χ4n) is 0. The van der Waals surface area contributed by atoms with E-state index in [1.54, 1.807) is 0 Å².